The molecule has 0 atom stereocenters. The quantitative estimate of drug-likeness (QED) is 0.407. The largest absolute Gasteiger partial charge is 0.356 e. The molecule has 7 heteroatoms. The highest BCUT2D eigenvalue weighted by Gasteiger charge is 2.04. The Bertz CT molecular complexity index is 795. The van der Waals surface area contributed by atoms with E-state index in [9.17, 15) is 0 Å². The van der Waals surface area contributed by atoms with Crippen molar-refractivity contribution in [2.45, 2.75) is 19.4 Å². The number of rotatable bonds is 6. The van der Waals surface area contributed by atoms with Crippen LogP contribution in [-0.4, -0.2) is 39.1 Å². The zero-order valence-electron chi connectivity index (χ0n) is 13.7. The average molecular weight is 323 g/mol. The van der Waals surface area contributed by atoms with E-state index in [-0.39, 0.29) is 0 Å². The number of hydrogen-bond acceptors (Lipinski definition) is 4. The molecule has 0 saturated heterocycles. The standard InChI is InChI=1S/C17H21N7/c1-18-17(21-13-14-7-2-4-10-19-14)20-11-6-9-16-23-22-15-8-3-5-12-24(15)16/h2-5,7-8,10,12H,6,9,11,13H2,1H3,(H2,18,20,21). The summed E-state index contributed by atoms with van der Waals surface area (Å²) in [5.74, 6) is 1.75. The fraction of sp³-hybridized carbons (Fsp3) is 0.294. The van der Waals surface area contributed by atoms with E-state index < -0.39 is 0 Å². The van der Waals surface area contributed by atoms with Gasteiger partial charge < -0.3 is 10.6 Å². The molecule has 0 fully saturated rings. The number of aryl methyl sites for hydroxylation is 1. The van der Waals surface area contributed by atoms with E-state index in [2.05, 4.69) is 30.8 Å². The van der Waals surface area contributed by atoms with Crippen molar-refractivity contribution in [3.05, 3.63) is 60.3 Å². The van der Waals surface area contributed by atoms with E-state index in [4.69, 9.17) is 0 Å². The number of nitrogens with one attached hydrogen (secondary N) is 2. The van der Waals surface area contributed by atoms with Gasteiger partial charge in [0.2, 0.25) is 0 Å². The number of aromatic nitrogens is 4. The molecule has 0 spiro atoms. The highest BCUT2D eigenvalue weighted by atomic mass is 15.2. The lowest BCUT2D eigenvalue weighted by atomic mass is 10.3. The maximum Gasteiger partial charge on any atom is 0.191 e. The van der Waals surface area contributed by atoms with Crippen molar-refractivity contribution in [1.82, 2.24) is 30.2 Å². The van der Waals surface area contributed by atoms with Crippen molar-refractivity contribution >= 4 is 11.6 Å². The van der Waals surface area contributed by atoms with Crippen LogP contribution in [-0.2, 0) is 13.0 Å². The van der Waals surface area contributed by atoms with Crippen molar-refractivity contribution in [3.8, 4) is 0 Å². The molecule has 0 saturated carbocycles. The summed E-state index contributed by atoms with van der Waals surface area (Å²) in [6.07, 6.45) is 5.58. The number of fused-ring (bicyclic) bond motifs is 1. The topological polar surface area (TPSA) is 79.5 Å². The molecule has 3 aromatic rings. The SMILES string of the molecule is CN=C(NCCCc1nnc2ccccn12)NCc1ccccn1. The number of aliphatic imine (C=N–C) groups is 1. The van der Waals surface area contributed by atoms with Crippen LogP contribution in [0.3, 0.4) is 0 Å². The minimum atomic E-state index is 0.648. The van der Waals surface area contributed by atoms with Crippen LogP contribution in [0, 0.1) is 0 Å². The van der Waals surface area contributed by atoms with Gasteiger partial charge in [-0.05, 0) is 30.7 Å². The Kier molecular flexibility index (Phi) is 5.34. The van der Waals surface area contributed by atoms with E-state index in [1.807, 2.05) is 47.0 Å². The Balaban J connectivity index is 1.43. The molecule has 24 heavy (non-hydrogen) atoms. The van der Waals surface area contributed by atoms with Gasteiger partial charge in [0.15, 0.2) is 11.6 Å². The van der Waals surface area contributed by atoms with Crippen LogP contribution in [0.15, 0.2) is 53.8 Å². The first kappa shape index (κ1) is 15.9. The third-order valence-electron chi connectivity index (χ3n) is 3.64. The molecule has 0 aromatic carbocycles. The summed E-state index contributed by atoms with van der Waals surface area (Å²) >= 11 is 0. The Labute approximate surface area is 140 Å². The van der Waals surface area contributed by atoms with Gasteiger partial charge in [-0.2, -0.15) is 0 Å². The van der Waals surface area contributed by atoms with Crippen LogP contribution >= 0.6 is 0 Å². The van der Waals surface area contributed by atoms with Crippen LogP contribution < -0.4 is 10.6 Å². The van der Waals surface area contributed by atoms with Crippen LogP contribution in [0.1, 0.15) is 17.9 Å². The van der Waals surface area contributed by atoms with Crippen molar-refractivity contribution in [2.24, 2.45) is 4.99 Å². The maximum absolute atomic E-state index is 4.28. The van der Waals surface area contributed by atoms with E-state index in [1.165, 1.54) is 0 Å². The second-order valence-electron chi connectivity index (χ2n) is 5.32. The molecule has 124 valence electrons. The van der Waals surface area contributed by atoms with Gasteiger partial charge in [0.05, 0.1) is 12.2 Å². The van der Waals surface area contributed by atoms with Gasteiger partial charge in [-0.15, -0.1) is 10.2 Å². The van der Waals surface area contributed by atoms with Crippen LogP contribution in [0.25, 0.3) is 5.65 Å². The van der Waals surface area contributed by atoms with Gasteiger partial charge >= 0.3 is 0 Å². The number of hydrogen-bond donors (Lipinski definition) is 2. The van der Waals surface area contributed by atoms with Crippen LogP contribution in [0.4, 0.5) is 0 Å². The fourth-order valence-corrected chi connectivity index (χ4v) is 2.41. The van der Waals surface area contributed by atoms with Gasteiger partial charge in [0.25, 0.3) is 0 Å². The predicted octanol–water partition coefficient (Wildman–Crippen LogP) is 1.42. The predicted molar refractivity (Wildman–Crippen MR) is 93.7 cm³/mol. The third kappa shape index (κ3) is 4.07. The van der Waals surface area contributed by atoms with E-state index >= 15 is 0 Å². The number of nitrogens with zero attached hydrogens (tertiary/aromatic N) is 5. The van der Waals surface area contributed by atoms with Crippen LogP contribution in [0.5, 0.6) is 0 Å². The summed E-state index contributed by atoms with van der Waals surface area (Å²) in [4.78, 5) is 8.50. The smallest absolute Gasteiger partial charge is 0.191 e. The first-order valence-electron chi connectivity index (χ1n) is 8.00. The van der Waals surface area contributed by atoms with Gasteiger partial charge in [0.1, 0.15) is 5.82 Å². The van der Waals surface area contributed by atoms with Crippen molar-refractivity contribution in [1.29, 1.82) is 0 Å². The second kappa shape index (κ2) is 8.05. The summed E-state index contributed by atoms with van der Waals surface area (Å²) in [5, 5.41) is 15.0. The molecule has 0 amide bonds. The molecule has 0 aliphatic carbocycles. The minimum Gasteiger partial charge on any atom is -0.356 e. The molecule has 7 nitrogen and oxygen atoms in total. The maximum atomic E-state index is 4.28. The highest BCUT2D eigenvalue weighted by molar-refractivity contribution is 5.79. The molecule has 0 bridgehead atoms. The Hall–Kier alpha value is -2.96. The van der Waals surface area contributed by atoms with E-state index in [0.29, 0.717) is 6.54 Å². The molecule has 2 N–H and O–H groups in total. The molecule has 0 aliphatic rings. The molecule has 0 radical (unpaired) electrons. The summed E-state index contributed by atoms with van der Waals surface area (Å²) in [6, 6.07) is 11.8. The van der Waals surface area contributed by atoms with Gasteiger partial charge in [-0.25, -0.2) is 0 Å². The third-order valence-corrected chi connectivity index (χ3v) is 3.64. The molecule has 3 heterocycles. The summed E-state index contributed by atoms with van der Waals surface area (Å²) < 4.78 is 2.02. The molecule has 0 aliphatic heterocycles. The van der Waals surface area contributed by atoms with Crippen molar-refractivity contribution < 1.29 is 0 Å². The Morgan fingerprint density at radius 1 is 1.12 bits per heavy atom. The lowest BCUT2D eigenvalue weighted by molar-refractivity contribution is 0.712. The molecule has 0 unspecified atom stereocenters. The lowest BCUT2D eigenvalue weighted by Gasteiger charge is -2.11. The van der Waals surface area contributed by atoms with E-state index in [0.717, 1.165) is 42.5 Å². The first-order chi connectivity index (χ1) is 11.9. The zero-order chi connectivity index (χ0) is 16.6. The summed E-state index contributed by atoms with van der Waals surface area (Å²) in [6.45, 7) is 1.46. The second-order valence-corrected chi connectivity index (χ2v) is 5.32. The van der Waals surface area contributed by atoms with E-state index in [1.54, 1.807) is 13.2 Å². The Morgan fingerprint density at radius 2 is 2.04 bits per heavy atom. The number of pyridine rings is 2. The first-order valence-corrected chi connectivity index (χ1v) is 8.00. The lowest BCUT2D eigenvalue weighted by Crippen LogP contribution is -2.37. The summed E-state index contributed by atoms with van der Waals surface area (Å²) in [5.41, 5.74) is 1.86. The minimum absolute atomic E-state index is 0.648. The average Bonchev–Trinajstić information content (AvgIpc) is 3.05. The molecular formula is C17H21N7. The van der Waals surface area contributed by atoms with Crippen LogP contribution in [0.2, 0.25) is 0 Å². The zero-order valence-corrected chi connectivity index (χ0v) is 13.7. The fourth-order valence-electron chi connectivity index (χ4n) is 2.41. The van der Waals surface area contributed by atoms with Gasteiger partial charge in [-0.1, -0.05) is 12.1 Å². The Morgan fingerprint density at radius 3 is 2.88 bits per heavy atom. The molecular weight excluding hydrogens is 302 g/mol. The van der Waals surface area contributed by atoms with Crippen molar-refractivity contribution in [3.63, 3.8) is 0 Å². The van der Waals surface area contributed by atoms with Gasteiger partial charge in [0, 0.05) is 32.4 Å². The normalized spacial score (nSPS) is 11.6. The molecule has 3 aromatic heterocycles. The van der Waals surface area contributed by atoms with Crippen molar-refractivity contribution in [2.75, 3.05) is 13.6 Å². The monoisotopic (exact) mass is 323 g/mol. The van der Waals surface area contributed by atoms with Gasteiger partial charge in [-0.3, -0.25) is 14.4 Å². The highest BCUT2D eigenvalue weighted by Crippen LogP contribution is 2.04. The summed E-state index contributed by atoms with van der Waals surface area (Å²) in [7, 11) is 1.76. The molecule has 3 rings (SSSR count). The number of guanidine groups is 1.